The van der Waals surface area contributed by atoms with Crippen molar-refractivity contribution in [1.82, 2.24) is 13.7 Å². The van der Waals surface area contributed by atoms with Crippen LogP contribution in [0.25, 0.3) is 0 Å². The predicted molar refractivity (Wildman–Crippen MR) is 62.1 cm³/mol. The highest BCUT2D eigenvalue weighted by Gasteiger charge is 2.19. The zero-order chi connectivity index (χ0) is 16.3. The second-order valence-corrected chi connectivity index (χ2v) is 3.79. The first kappa shape index (κ1) is 15.9. The molecule has 0 aliphatic rings. The average molecular weight is 303 g/mol. The zero-order valence-electron chi connectivity index (χ0n) is 10.3. The third-order valence-electron chi connectivity index (χ3n) is 2.27. The molecule has 0 atom stereocenters. The molecule has 1 aromatic heterocycles. The Hall–Kier alpha value is -3.18. The van der Waals surface area contributed by atoms with E-state index in [0.717, 1.165) is 0 Å². The van der Waals surface area contributed by atoms with E-state index in [1.54, 1.807) is 0 Å². The van der Waals surface area contributed by atoms with Gasteiger partial charge < -0.3 is 15.3 Å². The summed E-state index contributed by atoms with van der Waals surface area (Å²) in [6, 6.07) is 0. The fraction of sp³-hybridized carbons (Fsp3) is 0.333. The molecule has 12 heteroatoms. The summed E-state index contributed by atoms with van der Waals surface area (Å²) in [4.78, 5) is 67.1. The minimum Gasteiger partial charge on any atom is -0.480 e. The molecule has 1 rings (SSSR count). The number of carboxylic acid groups (broad SMARTS) is 3. The Bertz CT molecular complexity index is 646. The number of nitrogens with zero attached hydrogens (tertiary/aromatic N) is 3. The summed E-state index contributed by atoms with van der Waals surface area (Å²) in [5.74, 6) is -4.80. The molecule has 0 spiro atoms. The summed E-state index contributed by atoms with van der Waals surface area (Å²) in [7, 11) is 0. The Balaban J connectivity index is 3.73. The maximum atomic E-state index is 11.8. The summed E-state index contributed by atoms with van der Waals surface area (Å²) < 4.78 is 0.195. The van der Waals surface area contributed by atoms with Crippen molar-refractivity contribution in [2.75, 3.05) is 0 Å². The van der Waals surface area contributed by atoms with E-state index in [4.69, 9.17) is 15.3 Å². The Kier molecular flexibility index (Phi) is 4.42. The van der Waals surface area contributed by atoms with Gasteiger partial charge in [-0.25, -0.2) is 28.1 Å². The molecule has 12 nitrogen and oxygen atoms in total. The van der Waals surface area contributed by atoms with Gasteiger partial charge in [0.1, 0.15) is 19.6 Å². The Labute approximate surface area is 113 Å². The topological polar surface area (TPSA) is 178 Å². The van der Waals surface area contributed by atoms with Crippen molar-refractivity contribution in [3.63, 3.8) is 0 Å². The first-order valence-corrected chi connectivity index (χ1v) is 5.25. The third kappa shape index (κ3) is 3.43. The second-order valence-electron chi connectivity index (χ2n) is 3.79. The van der Waals surface area contributed by atoms with Crippen molar-refractivity contribution >= 4 is 17.9 Å². The second kappa shape index (κ2) is 5.85. The van der Waals surface area contributed by atoms with Crippen LogP contribution in [0.2, 0.25) is 0 Å². The van der Waals surface area contributed by atoms with Gasteiger partial charge in [0.25, 0.3) is 0 Å². The summed E-state index contributed by atoms with van der Waals surface area (Å²) >= 11 is 0. The summed E-state index contributed by atoms with van der Waals surface area (Å²) in [5.41, 5.74) is -4.34. The highest BCUT2D eigenvalue weighted by atomic mass is 16.4. The molecule has 21 heavy (non-hydrogen) atoms. The lowest BCUT2D eigenvalue weighted by atomic mass is 10.5. The van der Waals surface area contributed by atoms with E-state index in [0.29, 0.717) is 0 Å². The van der Waals surface area contributed by atoms with Crippen LogP contribution >= 0.6 is 0 Å². The molecule has 0 saturated carbocycles. The quantitative estimate of drug-likeness (QED) is 0.479. The number of carbonyl (C=O) groups is 3. The van der Waals surface area contributed by atoms with Crippen LogP contribution in [-0.4, -0.2) is 46.9 Å². The molecule has 3 N–H and O–H groups in total. The van der Waals surface area contributed by atoms with E-state index in [9.17, 15) is 28.8 Å². The minimum atomic E-state index is -1.60. The number of hydrogen-bond donors (Lipinski definition) is 3. The van der Waals surface area contributed by atoms with Crippen molar-refractivity contribution in [1.29, 1.82) is 0 Å². The molecule has 0 bridgehead atoms. The summed E-state index contributed by atoms with van der Waals surface area (Å²) in [6.07, 6.45) is 0. The van der Waals surface area contributed by atoms with Gasteiger partial charge in [0.05, 0.1) is 0 Å². The molecule has 1 heterocycles. The molecule has 0 saturated heterocycles. The van der Waals surface area contributed by atoms with Gasteiger partial charge in [0.15, 0.2) is 0 Å². The molecule has 114 valence electrons. The van der Waals surface area contributed by atoms with Gasteiger partial charge >= 0.3 is 35.0 Å². The number of carboxylic acids is 3. The van der Waals surface area contributed by atoms with Gasteiger partial charge in [-0.2, -0.15) is 0 Å². The molecular formula is C9H9N3O9. The first-order valence-electron chi connectivity index (χ1n) is 5.25. The van der Waals surface area contributed by atoms with Crippen molar-refractivity contribution < 1.29 is 29.7 Å². The molecule has 0 unspecified atom stereocenters. The van der Waals surface area contributed by atoms with Crippen molar-refractivity contribution in [2.24, 2.45) is 0 Å². The minimum absolute atomic E-state index is 0.0651. The van der Waals surface area contributed by atoms with Crippen LogP contribution in [-0.2, 0) is 34.0 Å². The Morgan fingerprint density at radius 1 is 0.619 bits per heavy atom. The number of aromatic nitrogens is 3. The van der Waals surface area contributed by atoms with Gasteiger partial charge in [-0.3, -0.25) is 14.4 Å². The van der Waals surface area contributed by atoms with Crippen LogP contribution in [0, 0.1) is 0 Å². The lowest BCUT2D eigenvalue weighted by molar-refractivity contribution is -0.138. The van der Waals surface area contributed by atoms with E-state index in [-0.39, 0.29) is 13.7 Å². The van der Waals surface area contributed by atoms with Crippen LogP contribution < -0.4 is 17.1 Å². The highest BCUT2D eigenvalue weighted by molar-refractivity contribution is 5.67. The van der Waals surface area contributed by atoms with Gasteiger partial charge in [-0.15, -0.1) is 0 Å². The molecule has 0 amide bonds. The first-order chi connectivity index (χ1) is 9.65. The number of hydrogen-bond acceptors (Lipinski definition) is 6. The molecule has 0 aromatic carbocycles. The van der Waals surface area contributed by atoms with E-state index in [1.165, 1.54) is 0 Å². The highest BCUT2D eigenvalue weighted by Crippen LogP contribution is 1.79. The Morgan fingerprint density at radius 3 is 0.952 bits per heavy atom. The smallest absolute Gasteiger partial charge is 0.337 e. The Morgan fingerprint density at radius 2 is 0.810 bits per heavy atom. The van der Waals surface area contributed by atoms with E-state index in [1.807, 2.05) is 0 Å². The number of aliphatic carboxylic acids is 3. The predicted octanol–water partition coefficient (Wildman–Crippen LogP) is -3.57. The molecule has 0 aliphatic carbocycles. The molecule has 0 fully saturated rings. The van der Waals surface area contributed by atoms with E-state index < -0.39 is 54.6 Å². The molecule has 0 radical (unpaired) electrons. The largest absolute Gasteiger partial charge is 0.480 e. The van der Waals surface area contributed by atoms with Gasteiger partial charge in [-0.1, -0.05) is 0 Å². The standard InChI is InChI=1S/C9H9N3O9/c13-4(14)1-10-7(19)11(2-5(15)16)9(21)12(8(10)20)3-6(17)18/h1-3H2,(H,13,14)(H,15,16)(H,17,18). The van der Waals surface area contributed by atoms with Crippen LogP contribution in [0.1, 0.15) is 0 Å². The zero-order valence-corrected chi connectivity index (χ0v) is 10.3. The normalized spacial score (nSPS) is 10.3. The fourth-order valence-electron chi connectivity index (χ4n) is 1.49. The maximum Gasteiger partial charge on any atom is 0.337 e. The molecular weight excluding hydrogens is 294 g/mol. The van der Waals surface area contributed by atoms with Crippen molar-refractivity contribution in [3.05, 3.63) is 31.5 Å². The fourth-order valence-corrected chi connectivity index (χ4v) is 1.49. The SMILES string of the molecule is O=C(O)Cn1c(=O)n(CC(=O)O)c(=O)n(CC(=O)O)c1=O. The van der Waals surface area contributed by atoms with E-state index in [2.05, 4.69) is 0 Å². The lowest BCUT2D eigenvalue weighted by Crippen LogP contribution is -2.56. The lowest BCUT2D eigenvalue weighted by Gasteiger charge is -2.10. The maximum absolute atomic E-state index is 11.8. The van der Waals surface area contributed by atoms with Crippen LogP contribution in [0.5, 0.6) is 0 Å². The van der Waals surface area contributed by atoms with Crippen LogP contribution in [0.4, 0.5) is 0 Å². The number of rotatable bonds is 6. The monoisotopic (exact) mass is 303 g/mol. The van der Waals surface area contributed by atoms with Crippen molar-refractivity contribution in [2.45, 2.75) is 19.6 Å². The van der Waals surface area contributed by atoms with Crippen molar-refractivity contribution in [3.8, 4) is 0 Å². The van der Waals surface area contributed by atoms with Gasteiger partial charge in [-0.05, 0) is 0 Å². The average Bonchev–Trinajstić information content (AvgIpc) is 2.35. The van der Waals surface area contributed by atoms with E-state index >= 15 is 0 Å². The van der Waals surface area contributed by atoms with Gasteiger partial charge in [0.2, 0.25) is 0 Å². The summed E-state index contributed by atoms with van der Waals surface area (Å²) in [6.45, 7) is -3.43. The molecule has 0 aliphatic heterocycles. The van der Waals surface area contributed by atoms with Gasteiger partial charge in [0, 0.05) is 0 Å². The summed E-state index contributed by atoms with van der Waals surface area (Å²) in [5, 5.41) is 25.8. The van der Waals surface area contributed by atoms with Crippen LogP contribution in [0.3, 0.4) is 0 Å². The third-order valence-corrected chi connectivity index (χ3v) is 2.27. The molecule has 1 aromatic rings. The van der Waals surface area contributed by atoms with Crippen LogP contribution in [0.15, 0.2) is 14.4 Å².